The molecule has 0 radical (unpaired) electrons. The van der Waals surface area contributed by atoms with Crippen LogP contribution in [0.4, 0.5) is 0 Å². The molecule has 0 spiro atoms. The average Bonchev–Trinajstić information content (AvgIpc) is 3.08. The van der Waals surface area contributed by atoms with Crippen molar-refractivity contribution in [3.63, 3.8) is 0 Å². The second-order valence-corrected chi connectivity index (χ2v) is 8.86. The fourth-order valence-corrected chi connectivity index (χ4v) is 4.47. The number of likely N-dealkylation sites (tertiary alicyclic amines) is 1. The number of hydrogen-bond donors (Lipinski definition) is 0. The van der Waals surface area contributed by atoms with Crippen molar-refractivity contribution in [1.29, 1.82) is 0 Å². The molecule has 1 atom stereocenters. The van der Waals surface area contributed by atoms with Crippen LogP contribution < -0.4 is 0 Å². The SMILES string of the molecule is CC1C/C(=N\OC(=O)C(C)(C)N2CCCC2)c2cc(Cl)ccc2S1. The summed E-state index contributed by atoms with van der Waals surface area (Å²) >= 11 is 7.92. The molecule has 2 heterocycles. The van der Waals surface area contributed by atoms with E-state index in [4.69, 9.17) is 16.4 Å². The van der Waals surface area contributed by atoms with E-state index in [1.165, 1.54) is 0 Å². The highest BCUT2D eigenvalue weighted by molar-refractivity contribution is 8.00. The first-order valence-corrected chi connectivity index (χ1v) is 9.63. The number of rotatable bonds is 3. The van der Waals surface area contributed by atoms with E-state index in [0.29, 0.717) is 10.3 Å². The summed E-state index contributed by atoms with van der Waals surface area (Å²) < 4.78 is 0. The molecule has 4 nitrogen and oxygen atoms in total. The van der Waals surface area contributed by atoms with Gasteiger partial charge in [-0.25, -0.2) is 4.79 Å². The fraction of sp³-hybridized carbons (Fsp3) is 0.556. The zero-order valence-electron chi connectivity index (χ0n) is 14.3. The monoisotopic (exact) mass is 366 g/mol. The summed E-state index contributed by atoms with van der Waals surface area (Å²) in [5.41, 5.74) is 1.12. The Morgan fingerprint density at radius 1 is 1.38 bits per heavy atom. The molecule has 1 fully saturated rings. The molecule has 0 bridgehead atoms. The average molecular weight is 367 g/mol. The minimum atomic E-state index is -0.646. The lowest BCUT2D eigenvalue weighted by molar-refractivity contribution is -0.155. The van der Waals surface area contributed by atoms with E-state index in [1.807, 2.05) is 32.0 Å². The zero-order valence-corrected chi connectivity index (χ0v) is 15.9. The summed E-state index contributed by atoms with van der Waals surface area (Å²) in [5.74, 6) is -0.300. The Bertz CT molecular complexity index is 669. The molecule has 1 aromatic carbocycles. The van der Waals surface area contributed by atoms with Gasteiger partial charge in [0.15, 0.2) is 0 Å². The first kappa shape index (κ1) is 17.8. The lowest BCUT2D eigenvalue weighted by Crippen LogP contribution is -2.49. The molecule has 0 N–H and O–H groups in total. The lowest BCUT2D eigenvalue weighted by Gasteiger charge is -2.31. The van der Waals surface area contributed by atoms with E-state index in [1.54, 1.807) is 11.8 Å². The summed E-state index contributed by atoms with van der Waals surface area (Å²) in [5, 5.41) is 5.28. The van der Waals surface area contributed by atoms with Crippen molar-refractivity contribution in [2.24, 2.45) is 5.16 Å². The summed E-state index contributed by atoms with van der Waals surface area (Å²) in [6, 6.07) is 5.78. The van der Waals surface area contributed by atoms with Gasteiger partial charge in [-0.1, -0.05) is 23.7 Å². The largest absolute Gasteiger partial charge is 0.354 e. The van der Waals surface area contributed by atoms with Crippen LogP contribution in [0.3, 0.4) is 0 Å². The predicted molar refractivity (Wildman–Crippen MR) is 98.9 cm³/mol. The molecule has 2 aliphatic rings. The smallest absolute Gasteiger partial charge is 0.316 e. The van der Waals surface area contributed by atoms with Gasteiger partial charge in [0.05, 0.1) is 5.71 Å². The van der Waals surface area contributed by atoms with Crippen LogP contribution in [-0.2, 0) is 9.63 Å². The highest BCUT2D eigenvalue weighted by Gasteiger charge is 2.38. The highest BCUT2D eigenvalue weighted by Crippen LogP contribution is 2.36. The molecule has 1 aromatic rings. The van der Waals surface area contributed by atoms with Crippen LogP contribution in [-0.4, -0.2) is 40.5 Å². The van der Waals surface area contributed by atoms with Crippen LogP contribution in [0.1, 0.15) is 45.6 Å². The van der Waals surface area contributed by atoms with Crippen molar-refractivity contribution < 1.29 is 9.63 Å². The third-order valence-corrected chi connectivity index (χ3v) is 6.11. The van der Waals surface area contributed by atoms with Gasteiger partial charge in [-0.3, -0.25) is 4.90 Å². The number of halogens is 1. The maximum absolute atomic E-state index is 12.6. The molecular weight excluding hydrogens is 344 g/mol. The van der Waals surface area contributed by atoms with E-state index in [2.05, 4.69) is 17.0 Å². The van der Waals surface area contributed by atoms with Gasteiger partial charge < -0.3 is 4.84 Å². The van der Waals surface area contributed by atoms with Crippen LogP contribution in [0.25, 0.3) is 0 Å². The summed E-state index contributed by atoms with van der Waals surface area (Å²) in [6.45, 7) is 7.83. The Kier molecular flexibility index (Phi) is 5.23. The van der Waals surface area contributed by atoms with Crippen molar-refractivity contribution in [3.8, 4) is 0 Å². The lowest BCUT2D eigenvalue weighted by atomic mass is 10.0. The van der Waals surface area contributed by atoms with Crippen LogP contribution in [0, 0.1) is 0 Å². The van der Waals surface area contributed by atoms with Crippen LogP contribution in [0.5, 0.6) is 0 Å². The van der Waals surface area contributed by atoms with Gasteiger partial charge in [0.2, 0.25) is 0 Å². The maximum atomic E-state index is 12.6. The van der Waals surface area contributed by atoms with Gasteiger partial charge in [-0.2, -0.15) is 0 Å². The summed E-state index contributed by atoms with van der Waals surface area (Å²) in [4.78, 5) is 21.2. The maximum Gasteiger partial charge on any atom is 0.354 e. The molecule has 1 saturated heterocycles. The quantitative estimate of drug-likeness (QED) is 0.589. The molecule has 0 aliphatic carbocycles. The molecule has 130 valence electrons. The van der Waals surface area contributed by atoms with E-state index in [-0.39, 0.29) is 5.97 Å². The normalized spacial score (nSPS) is 23.3. The number of carbonyl (C=O) groups is 1. The van der Waals surface area contributed by atoms with Crippen molar-refractivity contribution in [3.05, 3.63) is 28.8 Å². The van der Waals surface area contributed by atoms with Gasteiger partial charge in [-0.15, -0.1) is 11.8 Å². The van der Waals surface area contributed by atoms with Crippen molar-refractivity contribution >= 4 is 35.0 Å². The standard InChI is InChI=1S/C18H23ClN2O2S/c1-12-10-15(14-11-13(19)6-7-16(14)24-12)20-23-17(22)18(2,3)21-8-4-5-9-21/h6-7,11-12H,4-5,8-10H2,1-3H3/b20-15+. The van der Waals surface area contributed by atoms with Gasteiger partial charge >= 0.3 is 5.97 Å². The first-order chi connectivity index (χ1) is 11.4. The molecule has 0 saturated carbocycles. The number of hydrogen-bond acceptors (Lipinski definition) is 5. The van der Waals surface area contributed by atoms with Gasteiger partial charge in [0, 0.05) is 27.2 Å². The van der Waals surface area contributed by atoms with E-state index >= 15 is 0 Å². The molecule has 2 aliphatic heterocycles. The molecule has 24 heavy (non-hydrogen) atoms. The third kappa shape index (κ3) is 3.63. The summed E-state index contributed by atoms with van der Waals surface area (Å²) in [6.07, 6.45) is 3.02. The van der Waals surface area contributed by atoms with Crippen LogP contribution in [0.15, 0.2) is 28.3 Å². The second kappa shape index (κ2) is 7.06. The third-order valence-electron chi connectivity index (χ3n) is 4.70. The van der Waals surface area contributed by atoms with Crippen molar-refractivity contribution in [2.45, 2.75) is 55.7 Å². The number of thioether (sulfide) groups is 1. The predicted octanol–water partition coefficient (Wildman–Crippen LogP) is 4.35. The van der Waals surface area contributed by atoms with Gasteiger partial charge in [0.1, 0.15) is 5.54 Å². The number of oxime groups is 1. The van der Waals surface area contributed by atoms with E-state index in [0.717, 1.165) is 48.5 Å². The Balaban J connectivity index is 1.79. The highest BCUT2D eigenvalue weighted by atomic mass is 35.5. The minimum Gasteiger partial charge on any atom is -0.316 e. The van der Waals surface area contributed by atoms with Crippen molar-refractivity contribution in [1.82, 2.24) is 4.90 Å². The Morgan fingerprint density at radius 2 is 2.08 bits per heavy atom. The second-order valence-electron chi connectivity index (χ2n) is 6.94. The molecule has 3 rings (SSSR count). The molecule has 0 aromatic heterocycles. The minimum absolute atomic E-state index is 0.300. The number of nitrogens with zero attached hydrogens (tertiary/aromatic N) is 2. The number of benzene rings is 1. The van der Waals surface area contributed by atoms with Gasteiger partial charge in [-0.05, 0) is 58.0 Å². The number of fused-ring (bicyclic) bond motifs is 1. The molecule has 1 unspecified atom stereocenters. The molecule has 6 heteroatoms. The Morgan fingerprint density at radius 3 is 2.79 bits per heavy atom. The molecular formula is C18H23ClN2O2S. The van der Waals surface area contributed by atoms with E-state index < -0.39 is 5.54 Å². The topological polar surface area (TPSA) is 41.9 Å². The van der Waals surface area contributed by atoms with Crippen molar-refractivity contribution in [2.75, 3.05) is 13.1 Å². The zero-order chi connectivity index (χ0) is 17.3. The van der Waals surface area contributed by atoms with Gasteiger partial charge in [0.25, 0.3) is 0 Å². The van der Waals surface area contributed by atoms with Crippen LogP contribution in [0.2, 0.25) is 5.02 Å². The first-order valence-electron chi connectivity index (χ1n) is 8.38. The summed E-state index contributed by atoms with van der Waals surface area (Å²) in [7, 11) is 0. The Hall–Kier alpha value is -1.04. The van der Waals surface area contributed by atoms with Crippen LogP contribution >= 0.6 is 23.4 Å². The Labute approximate surface area is 152 Å². The number of carbonyl (C=O) groups excluding carboxylic acids is 1. The molecule has 0 amide bonds. The van der Waals surface area contributed by atoms with E-state index in [9.17, 15) is 4.79 Å². The fourth-order valence-electron chi connectivity index (χ4n) is 3.17.